The van der Waals surface area contributed by atoms with Gasteiger partial charge in [-0.1, -0.05) is 11.6 Å². The molecule has 1 aromatic heterocycles. The molecular formula is C12H17ClN2S. The largest absolute Gasteiger partial charge is 0.312 e. The summed E-state index contributed by atoms with van der Waals surface area (Å²) in [5.74, 6) is 0.879. The molecule has 0 saturated carbocycles. The molecule has 2 aliphatic heterocycles. The van der Waals surface area contributed by atoms with Crippen molar-refractivity contribution in [3.63, 3.8) is 0 Å². The van der Waals surface area contributed by atoms with E-state index in [9.17, 15) is 0 Å². The lowest BCUT2D eigenvalue weighted by molar-refractivity contribution is 0.315. The smallest absolute Gasteiger partial charge is 0.0516 e. The van der Waals surface area contributed by atoms with Crippen LogP contribution in [-0.2, 0) is 6.54 Å². The molecule has 2 unspecified atom stereocenters. The van der Waals surface area contributed by atoms with Gasteiger partial charge in [0.1, 0.15) is 0 Å². The average molecular weight is 257 g/mol. The Morgan fingerprint density at radius 3 is 3.19 bits per heavy atom. The molecule has 3 heterocycles. The number of thiophene rings is 1. The van der Waals surface area contributed by atoms with Crippen molar-refractivity contribution in [2.24, 2.45) is 5.92 Å². The zero-order valence-corrected chi connectivity index (χ0v) is 10.9. The van der Waals surface area contributed by atoms with Crippen LogP contribution in [0.4, 0.5) is 0 Å². The molecule has 4 heteroatoms. The minimum Gasteiger partial charge on any atom is -0.312 e. The van der Waals surface area contributed by atoms with Gasteiger partial charge in [-0.05, 0) is 31.4 Å². The number of halogens is 1. The molecule has 3 rings (SSSR count). The van der Waals surface area contributed by atoms with Gasteiger partial charge in [0.05, 0.1) is 5.02 Å². The van der Waals surface area contributed by atoms with Crippen molar-refractivity contribution in [1.82, 2.24) is 10.2 Å². The molecule has 0 radical (unpaired) electrons. The van der Waals surface area contributed by atoms with Crippen molar-refractivity contribution in [1.29, 1.82) is 0 Å². The van der Waals surface area contributed by atoms with E-state index < -0.39 is 0 Å². The standard InChI is InChI=1S/C12H17ClN2S/c13-10-4-11(16-8-10)6-15-5-9-2-1-3-14-12(9)7-15/h4,8-9,12,14H,1-3,5-7H2. The first-order valence-corrected chi connectivity index (χ1v) is 7.25. The van der Waals surface area contributed by atoms with Crippen LogP contribution in [0.2, 0.25) is 5.02 Å². The summed E-state index contributed by atoms with van der Waals surface area (Å²) in [7, 11) is 0. The number of piperidine rings is 1. The van der Waals surface area contributed by atoms with Gasteiger partial charge in [0.15, 0.2) is 0 Å². The Bertz CT molecular complexity index is 352. The van der Waals surface area contributed by atoms with E-state index in [0.29, 0.717) is 0 Å². The van der Waals surface area contributed by atoms with E-state index in [2.05, 4.69) is 16.3 Å². The molecule has 1 aromatic rings. The summed E-state index contributed by atoms with van der Waals surface area (Å²) in [6.07, 6.45) is 2.75. The Balaban J connectivity index is 1.61. The van der Waals surface area contributed by atoms with E-state index in [0.717, 1.165) is 23.5 Å². The molecule has 88 valence electrons. The summed E-state index contributed by atoms with van der Waals surface area (Å²) in [5.41, 5.74) is 0. The molecule has 2 atom stereocenters. The summed E-state index contributed by atoms with van der Waals surface area (Å²) < 4.78 is 0. The Morgan fingerprint density at radius 1 is 1.50 bits per heavy atom. The van der Waals surface area contributed by atoms with Gasteiger partial charge in [-0.2, -0.15) is 0 Å². The van der Waals surface area contributed by atoms with Crippen LogP contribution in [0.5, 0.6) is 0 Å². The Morgan fingerprint density at radius 2 is 2.44 bits per heavy atom. The van der Waals surface area contributed by atoms with Crippen molar-refractivity contribution < 1.29 is 0 Å². The van der Waals surface area contributed by atoms with Crippen LogP contribution >= 0.6 is 22.9 Å². The van der Waals surface area contributed by atoms with Crippen LogP contribution in [-0.4, -0.2) is 30.6 Å². The lowest BCUT2D eigenvalue weighted by atomic mass is 9.94. The second-order valence-electron chi connectivity index (χ2n) is 4.89. The predicted octanol–water partition coefficient (Wildman–Crippen LogP) is 2.59. The van der Waals surface area contributed by atoms with E-state index >= 15 is 0 Å². The van der Waals surface area contributed by atoms with Crippen LogP contribution in [0.15, 0.2) is 11.4 Å². The third-order valence-corrected chi connectivity index (χ3v) is 4.95. The van der Waals surface area contributed by atoms with Crippen molar-refractivity contribution in [3.8, 4) is 0 Å². The molecule has 0 bridgehead atoms. The zero-order valence-electron chi connectivity index (χ0n) is 9.29. The molecule has 0 amide bonds. The molecule has 16 heavy (non-hydrogen) atoms. The first-order chi connectivity index (χ1) is 7.81. The van der Waals surface area contributed by atoms with Gasteiger partial charge in [0, 0.05) is 35.9 Å². The summed E-state index contributed by atoms with van der Waals surface area (Å²) >= 11 is 7.72. The normalized spacial score (nSPS) is 30.6. The third kappa shape index (κ3) is 2.28. The van der Waals surface area contributed by atoms with E-state index in [-0.39, 0.29) is 0 Å². The summed E-state index contributed by atoms with van der Waals surface area (Å²) in [5, 5.41) is 6.55. The topological polar surface area (TPSA) is 15.3 Å². The summed E-state index contributed by atoms with van der Waals surface area (Å²) in [6, 6.07) is 2.84. The minimum atomic E-state index is 0.740. The number of rotatable bonds is 2. The van der Waals surface area contributed by atoms with Crippen molar-refractivity contribution in [2.45, 2.75) is 25.4 Å². The van der Waals surface area contributed by atoms with Gasteiger partial charge >= 0.3 is 0 Å². The lowest BCUT2D eigenvalue weighted by Gasteiger charge is -2.24. The second-order valence-corrected chi connectivity index (χ2v) is 6.32. The molecule has 2 aliphatic rings. The fourth-order valence-electron chi connectivity index (χ4n) is 2.92. The van der Waals surface area contributed by atoms with Gasteiger partial charge in [-0.3, -0.25) is 4.90 Å². The highest BCUT2D eigenvalue weighted by Gasteiger charge is 2.33. The van der Waals surface area contributed by atoms with Gasteiger partial charge in [0.2, 0.25) is 0 Å². The highest BCUT2D eigenvalue weighted by molar-refractivity contribution is 7.10. The van der Waals surface area contributed by atoms with Gasteiger partial charge in [-0.25, -0.2) is 0 Å². The zero-order chi connectivity index (χ0) is 11.0. The maximum atomic E-state index is 5.95. The number of likely N-dealkylation sites (tertiary alicyclic amines) is 1. The van der Waals surface area contributed by atoms with Crippen molar-refractivity contribution in [2.75, 3.05) is 19.6 Å². The maximum absolute atomic E-state index is 5.95. The fraction of sp³-hybridized carbons (Fsp3) is 0.667. The van der Waals surface area contributed by atoms with Crippen molar-refractivity contribution >= 4 is 22.9 Å². The third-order valence-electron chi connectivity index (χ3n) is 3.68. The first-order valence-electron chi connectivity index (χ1n) is 6.00. The van der Waals surface area contributed by atoms with Crippen LogP contribution in [0.25, 0.3) is 0 Å². The molecular weight excluding hydrogens is 240 g/mol. The van der Waals surface area contributed by atoms with E-state index in [4.69, 9.17) is 11.6 Å². The number of nitrogens with one attached hydrogen (secondary N) is 1. The summed E-state index contributed by atoms with van der Waals surface area (Å²) in [6.45, 7) is 4.75. The number of nitrogens with zero attached hydrogens (tertiary/aromatic N) is 1. The lowest BCUT2D eigenvalue weighted by Crippen LogP contribution is -2.40. The Kier molecular flexibility index (Phi) is 3.20. The fourth-order valence-corrected chi connectivity index (χ4v) is 4.04. The summed E-state index contributed by atoms with van der Waals surface area (Å²) in [4.78, 5) is 3.96. The van der Waals surface area contributed by atoms with Crippen LogP contribution in [0, 0.1) is 5.92 Å². The number of hydrogen-bond donors (Lipinski definition) is 1. The molecule has 1 N–H and O–H groups in total. The second kappa shape index (κ2) is 4.65. The van der Waals surface area contributed by atoms with Crippen LogP contribution < -0.4 is 5.32 Å². The number of hydrogen-bond acceptors (Lipinski definition) is 3. The Labute approximate surface area is 106 Å². The molecule has 0 spiro atoms. The predicted molar refractivity (Wildman–Crippen MR) is 69.1 cm³/mol. The molecule has 0 aromatic carbocycles. The molecule has 2 nitrogen and oxygen atoms in total. The highest BCUT2D eigenvalue weighted by atomic mass is 35.5. The highest BCUT2D eigenvalue weighted by Crippen LogP contribution is 2.28. The molecule has 2 fully saturated rings. The minimum absolute atomic E-state index is 0.740. The van der Waals surface area contributed by atoms with E-state index in [1.807, 2.05) is 5.38 Å². The van der Waals surface area contributed by atoms with E-state index in [1.165, 1.54) is 37.4 Å². The Hall–Kier alpha value is -0.0900. The van der Waals surface area contributed by atoms with Gasteiger partial charge in [0.25, 0.3) is 0 Å². The van der Waals surface area contributed by atoms with Crippen LogP contribution in [0.3, 0.4) is 0 Å². The first kappa shape index (κ1) is 11.0. The van der Waals surface area contributed by atoms with E-state index in [1.54, 1.807) is 11.3 Å². The van der Waals surface area contributed by atoms with Gasteiger partial charge < -0.3 is 5.32 Å². The van der Waals surface area contributed by atoms with Gasteiger partial charge in [-0.15, -0.1) is 11.3 Å². The monoisotopic (exact) mass is 256 g/mol. The maximum Gasteiger partial charge on any atom is 0.0516 e. The van der Waals surface area contributed by atoms with Crippen molar-refractivity contribution in [3.05, 3.63) is 21.3 Å². The quantitative estimate of drug-likeness (QED) is 0.875. The number of fused-ring (bicyclic) bond motifs is 1. The molecule has 0 aliphatic carbocycles. The average Bonchev–Trinajstić information content (AvgIpc) is 2.84. The van der Waals surface area contributed by atoms with Crippen LogP contribution in [0.1, 0.15) is 17.7 Å². The molecule has 2 saturated heterocycles. The SMILES string of the molecule is Clc1csc(CN2CC3CCCNC3C2)c1.